The smallest absolute Gasteiger partial charge is 0.193 e. The van der Waals surface area contributed by atoms with Crippen LogP contribution >= 0.6 is 0 Å². The third-order valence-electron chi connectivity index (χ3n) is 5.49. The Kier molecular flexibility index (Phi) is 7.04. The van der Waals surface area contributed by atoms with E-state index in [0.29, 0.717) is 5.92 Å². The van der Waals surface area contributed by atoms with Crippen LogP contribution in [0.1, 0.15) is 46.1 Å². The Labute approximate surface area is 181 Å². The SMILES string of the molecule is C\C=C/C(=C(\C=C/C)N(C)c1c(C)ccc2c1Oc1ccccc1O2)C(C)CCC. The summed E-state index contributed by atoms with van der Waals surface area (Å²) in [4.78, 5) is 2.24. The van der Waals surface area contributed by atoms with E-state index in [4.69, 9.17) is 9.47 Å². The van der Waals surface area contributed by atoms with Crippen molar-refractivity contribution in [3.05, 3.63) is 77.5 Å². The van der Waals surface area contributed by atoms with Gasteiger partial charge in [0, 0.05) is 12.7 Å². The third-order valence-corrected chi connectivity index (χ3v) is 5.49. The lowest BCUT2D eigenvalue weighted by Gasteiger charge is -2.31. The highest BCUT2D eigenvalue weighted by molar-refractivity contribution is 5.75. The van der Waals surface area contributed by atoms with Crippen molar-refractivity contribution in [2.45, 2.75) is 47.5 Å². The van der Waals surface area contributed by atoms with Gasteiger partial charge in [0.25, 0.3) is 0 Å². The highest BCUT2D eigenvalue weighted by Gasteiger charge is 2.26. The van der Waals surface area contributed by atoms with Gasteiger partial charge in [0.2, 0.25) is 0 Å². The monoisotopic (exact) mass is 403 g/mol. The van der Waals surface area contributed by atoms with Crippen LogP contribution in [0.5, 0.6) is 23.0 Å². The summed E-state index contributed by atoms with van der Waals surface area (Å²) in [6.45, 7) is 10.8. The van der Waals surface area contributed by atoms with Crippen LogP contribution in [0.25, 0.3) is 0 Å². The molecule has 0 aliphatic carbocycles. The lowest BCUT2D eigenvalue weighted by Crippen LogP contribution is -2.21. The van der Waals surface area contributed by atoms with Crippen LogP contribution in [0, 0.1) is 12.8 Å². The standard InChI is InChI=1S/C27H33NO2/c1-7-12-19(4)21(13-8-2)22(14-9-3)28(6)26-20(5)17-18-25-27(26)30-24-16-11-10-15-23(24)29-25/h8-11,13-19H,7,12H2,1-6H3/b13-8-,14-9-,22-21-. The Morgan fingerprint density at radius 1 is 0.967 bits per heavy atom. The van der Waals surface area contributed by atoms with Gasteiger partial charge in [0.05, 0.1) is 5.69 Å². The number of fused-ring (bicyclic) bond motifs is 2. The minimum absolute atomic E-state index is 0.456. The molecule has 2 aromatic rings. The maximum Gasteiger partial charge on any atom is 0.193 e. The van der Waals surface area contributed by atoms with E-state index >= 15 is 0 Å². The zero-order valence-electron chi connectivity index (χ0n) is 19.0. The van der Waals surface area contributed by atoms with E-state index in [1.54, 1.807) is 0 Å². The molecule has 0 bridgehead atoms. The van der Waals surface area contributed by atoms with E-state index in [9.17, 15) is 0 Å². The fourth-order valence-electron chi connectivity index (χ4n) is 4.04. The van der Waals surface area contributed by atoms with E-state index in [-0.39, 0.29) is 0 Å². The Morgan fingerprint density at radius 2 is 1.63 bits per heavy atom. The van der Waals surface area contributed by atoms with Crippen LogP contribution in [-0.2, 0) is 0 Å². The molecule has 0 amide bonds. The average Bonchev–Trinajstić information content (AvgIpc) is 2.74. The number of benzene rings is 2. The zero-order chi connectivity index (χ0) is 21.7. The Bertz CT molecular complexity index is 984. The van der Waals surface area contributed by atoms with Crippen LogP contribution in [0.15, 0.2) is 72.0 Å². The molecular formula is C27H33NO2. The number of hydrogen-bond donors (Lipinski definition) is 0. The van der Waals surface area contributed by atoms with Crippen molar-refractivity contribution < 1.29 is 9.47 Å². The lowest BCUT2D eigenvalue weighted by atomic mass is 9.93. The number of nitrogens with zero attached hydrogens (tertiary/aromatic N) is 1. The molecule has 3 nitrogen and oxygen atoms in total. The van der Waals surface area contributed by atoms with Crippen molar-refractivity contribution in [2.75, 3.05) is 11.9 Å². The van der Waals surface area contributed by atoms with Crippen LogP contribution in [0.2, 0.25) is 0 Å². The Morgan fingerprint density at radius 3 is 2.27 bits per heavy atom. The third kappa shape index (κ3) is 4.30. The summed E-state index contributed by atoms with van der Waals surface area (Å²) in [5, 5.41) is 0. The highest BCUT2D eigenvalue weighted by atomic mass is 16.6. The predicted octanol–water partition coefficient (Wildman–Crippen LogP) is 8.17. The van der Waals surface area contributed by atoms with Gasteiger partial charge in [-0.25, -0.2) is 0 Å². The molecule has 0 N–H and O–H groups in total. The second-order valence-electron chi connectivity index (χ2n) is 7.80. The molecule has 0 saturated heterocycles. The number of hydrogen-bond acceptors (Lipinski definition) is 3. The molecule has 2 aromatic carbocycles. The molecule has 158 valence electrons. The average molecular weight is 404 g/mol. The van der Waals surface area contributed by atoms with Gasteiger partial charge in [-0.3, -0.25) is 0 Å². The number of allylic oxidation sites excluding steroid dienone is 5. The minimum Gasteiger partial charge on any atom is -0.449 e. The van der Waals surface area contributed by atoms with Gasteiger partial charge in [-0.05, 0) is 68.5 Å². The van der Waals surface area contributed by atoms with Crippen molar-refractivity contribution in [1.82, 2.24) is 0 Å². The predicted molar refractivity (Wildman–Crippen MR) is 127 cm³/mol. The van der Waals surface area contributed by atoms with Crippen LogP contribution in [0.4, 0.5) is 5.69 Å². The van der Waals surface area contributed by atoms with Crippen molar-refractivity contribution >= 4 is 5.69 Å². The van der Waals surface area contributed by atoms with E-state index in [1.807, 2.05) is 30.3 Å². The van der Waals surface area contributed by atoms with E-state index in [1.165, 1.54) is 11.3 Å². The largest absolute Gasteiger partial charge is 0.449 e. The summed E-state index contributed by atoms with van der Waals surface area (Å²) in [6, 6.07) is 11.9. The van der Waals surface area contributed by atoms with Crippen molar-refractivity contribution in [3.63, 3.8) is 0 Å². The normalized spacial score (nSPS) is 14.6. The summed E-state index contributed by atoms with van der Waals surface area (Å²) in [5.74, 6) is 3.46. The Balaban J connectivity index is 2.15. The summed E-state index contributed by atoms with van der Waals surface area (Å²) in [7, 11) is 2.12. The molecule has 0 radical (unpaired) electrons. The molecule has 1 atom stereocenters. The van der Waals surface area contributed by atoms with Gasteiger partial charge in [0.15, 0.2) is 23.0 Å². The summed E-state index contributed by atoms with van der Waals surface area (Å²) < 4.78 is 12.5. The van der Waals surface area contributed by atoms with Gasteiger partial charge in [-0.1, -0.05) is 56.7 Å². The number of aryl methyl sites for hydroxylation is 1. The summed E-state index contributed by atoms with van der Waals surface area (Å²) in [6.07, 6.45) is 11.0. The van der Waals surface area contributed by atoms with E-state index in [0.717, 1.165) is 47.1 Å². The number of likely N-dealkylation sites (N-methyl/N-ethyl adjacent to an activating group) is 1. The van der Waals surface area contributed by atoms with Crippen molar-refractivity contribution in [3.8, 4) is 23.0 Å². The first-order valence-electron chi connectivity index (χ1n) is 10.8. The van der Waals surface area contributed by atoms with Crippen molar-refractivity contribution in [2.24, 2.45) is 5.92 Å². The first-order chi connectivity index (χ1) is 14.5. The van der Waals surface area contributed by atoms with Crippen molar-refractivity contribution in [1.29, 1.82) is 0 Å². The number of para-hydroxylation sites is 2. The van der Waals surface area contributed by atoms with Gasteiger partial charge < -0.3 is 14.4 Å². The van der Waals surface area contributed by atoms with Gasteiger partial charge in [0.1, 0.15) is 0 Å². The molecule has 30 heavy (non-hydrogen) atoms. The number of ether oxygens (including phenoxy) is 2. The topological polar surface area (TPSA) is 21.7 Å². The maximum atomic E-state index is 6.36. The molecule has 1 aliphatic rings. The molecule has 0 saturated carbocycles. The molecule has 1 heterocycles. The molecule has 0 aromatic heterocycles. The Hall–Kier alpha value is -2.94. The van der Waals surface area contributed by atoms with Crippen LogP contribution in [-0.4, -0.2) is 7.05 Å². The van der Waals surface area contributed by atoms with Crippen LogP contribution < -0.4 is 14.4 Å². The summed E-state index contributed by atoms with van der Waals surface area (Å²) >= 11 is 0. The number of anilines is 1. The molecule has 1 aliphatic heterocycles. The fourth-order valence-corrected chi connectivity index (χ4v) is 4.04. The van der Waals surface area contributed by atoms with E-state index in [2.05, 4.69) is 76.9 Å². The summed E-state index contributed by atoms with van der Waals surface area (Å²) in [5.41, 5.74) is 4.68. The maximum absolute atomic E-state index is 6.36. The second-order valence-corrected chi connectivity index (χ2v) is 7.80. The first kappa shape index (κ1) is 21.8. The molecule has 3 rings (SSSR count). The highest BCUT2D eigenvalue weighted by Crippen LogP contribution is 2.51. The van der Waals surface area contributed by atoms with Gasteiger partial charge >= 0.3 is 0 Å². The number of rotatable bonds is 7. The lowest BCUT2D eigenvalue weighted by molar-refractivity contribution is 0.360. The minimum atomic E-state index is 0.456. The quantitative estimate of drug-likeness (QED) is 0.371. The molecule has 3 heteroatoms. The second kappa shape index (κ2) is 9.71. The first-order valence-corrected chi connectivity index (χ1v) is 10.8. The van der Waals surface area contributed by atoms with Crippen LogP contribution in [0.3, 0.4) is 0 Å². The molecule has 0 spiro atoms. The van der Waals surface area contributed by atoms with E-state index < -0.39 is 0 Å². The van der Waals surface area contributed by atoms with Gasteiger partial charge in [-0.2, -0.15) is 0 Å². The zero-order valence-corrected chi connectivity index (χ0v) is 19.0. The fraction of sp³-hybridized carbons (Fsp3) is 0.333. The molecular weight excluding hydrogens is 370 g/mol. The van der Waals surface area contributed by atoms with Gasteiger partial charge in [-0.15, -0.1) is 0 Å². The molecule has 0 fully saturated rings. The molecule has 1 unspecified atom stereocenters.